The van der Waals surface area contributed by atoms with Crippen LogP contribution < -0.4 is 0 Å². The van der Waals surface area contributed by atoms with Gasteiger partial charge in [0.1, 0.15) is 0 Å². The third-order valence-corrected chi connectivity index (χ3v) is 3.27. The first-order chi connectivity index (χ1) is 12.8. The van der Waals surface area contributed by atoms with E-state index in [4.69, 9.17) is 10.4 Å². The fourth-order valence-electron chi connectivity index (χ4n) is 1.92. The van der Waals surface area contributed by atoms with E-state index < -0.39 is 5.97 Å². The Morgan fingerprint density at radius 1 is 0.654 bits per heavy atom. The first-order valence-electron chi connectivity index (χ1n) is 9.17. The highest BCUT2D eigenvalue weighted by atomic mass is 17.1. The molecule has 0 unspecified atom stereocenters. The van der Waals surface area contributed by atoms with Crippen molar-refractivity contribution in [2.24, 2.45) is 0 Å². The molecule has 0 rings (SSSR count). The van der Waals surface area contributed by atoms with Crippen LogP contribution in [0.1, 0.15) is 51.4 Å². The maximum Gasteiger partial charge on any atom is 0.303 e. The number of aliphatic carboxylic acids is 1. The second-order valence-corrected chi connectivity index (χ2v) is 5.58. The molecule has 2 N–H and O–H groups in total. The second kappa shape index (κ2) is 20.9. The van der Waals surface area contributed by atoms with Crippen LogP contribution >= 0.6 is 0 Å². The molecule has 4 nitrogen and oxygen atoms in total. The molecular formula is C22H32O4. The first kappa shape index (κ1) is 23.8. The highest BCUT2D eigenvalue weighted by Gasteiger charge is 1.90. The molecule has 144 valence electrons. The molecule has 0 amide bonds. The van der Waals surface area contributed by atoms with E-state index in [0.717, 1.165) is 38.5 Å². The first-order valence-corrected chi connectivity index (χ1v) is 9.17. The summed E-state index contributed by atoms with van der Waals surface area (Å²) in [4.78, 5) is 14.3. The van der Waals surface area contributed by atoms with Crippen molar-refractivity contribution in [2.75, 3.05) is 6.61 Å². The van der Waals surface area contributed by atoms with Crippen LogP contribution in [0.4, 0.5) is 0 Å². The molecule has 0 aliphatic rings. The maximum atomic E-state index is 10.3. The molecule has 4 heteroatoms. The molecule has 0 atom stereocenters. The summed E-state index contributed by atoms with van der Waals surface area (Å²) in [5, 5.41) is 16.6. The molecule has 0 aromatic rings. The van der Waals surface area contributed by atoms with Crippen LogP contribution in [0.15, 0.2) is 72.9 Å². The molecule has 26 heavy (non-hydrogen) atoms. The van der Waals surface area contributed by atoms with Crippen LogP contribution in [0, 0.1) is 0 Å². The molecule has 0 saturated carbocycles. The van der Waals surface area contributed by atoms with E-state index in [2.05, 4.69) is 59.6 Å². The van der Waals surface area contributed by atoms with Gasteiger partial charge >= 0.3 is 5.97 Å². The minimum absolute atomic E-state index is 0.198. The van der Waals surface area contributed by atoms with Crippen LogP contribution in [0.3, 0.4) is 0 Å². The Labute approximate surface area is 157 Å². The number of hydrogen-bond acceptors (Lipinski definition) is 3. The molecular weight excluding hydrogens is 328 g/mol. The lowest BCUT2D eigenvalue weighted by Crippen LogP contribution is -1.91. The van der Waals surface area contributed by atoms with Gasteiger partial charge in [-0.25, -0.2) is 4.89 Å². The summed E-state index contributed by atoms with van der Waals surface area (Å²) in [6.07, 6.45) is 31.1. The smallest absolute Gasteiger partial charge is 0.303 e. The van der Waals surface area contributed by atoms with Gasteiger partial charge < -0.3 is 5.11 Å². The Hall–Kier alpha value is -2.17. The summed E-state index contributed by atoms with van der Waals surface area (Å²) in [7, 11) is 0. The predicted molar refractivity (Wildman–Crippen MR) is 108 cm³/mol. The third-order valence-electron chi connectivity index (χ3n) is 3.27. The number of unbranched alkanes of at least 4 members (excludes halogenated alkanes) is 1. The Morgan fingerprint density at radius 2 is 1.15 bits per heavy atom. The molecule has 0 aliphatic carbocycles. The minimum atomic E-state index is -0.752. The highest BCUT2D eigenvalue weighted by molar-refractivity contribution is 5.66. The lowest BCUT2D eigenvalue weighted by Gasteiger charge is -1.88. The molecule has 0 fully saturated rings. The number of carboxylic acid groups (broad SMARTS) is 1. The number of carbonyl (C=O) groups is 1. The van der Waals surface area contributed by atoms with E-state index in [9.17, 15) is 4.79 Å². The fourth-order valence-corrected chi connectivity index (χ4v) is 1.92. The number of carboxylic acids is 1. The van der Waals surface area contributed by atoms with Gasteiger partial charge in [0.2, 0.25) is 0 Å². The monoisotopic (exact) mass is 360 g/mol. The van der Waals surface area contributed by atoms with Crippen molar-refractivity contribution >= 4 is 5.97 Å². The van der Waals surface area contributed by atoms with Crippen LogP contribution in [-0.4, -0.2) is 22.9 Å². The largest absolute Gasteiger partial charge is 0.481 e. The van der Waals surface area contributed by atoms with Crippen molar-refractivity contribution in [1.29, 1.82) is 0 Å². The second-order valence-electron chi connectivity index (χ2n) is 5.58. The van der Waals surface area contributed by atoms with E-state index in [0.29, 0.717) is 13.0 Å². The SMILES string of the molecule is O=C(O)CC/C=C\C/C=C\C/C=C\C=C\CC/C=C\C/C=C\CCOO. The predicted octanol–water partition coefficient (Wildman–Crippen LogP) is 6.02. The lowest BCUT2D eigenvalue weighted by atomic mass is 10.2. The quantitative estimate of drug-likeness (QED) is 0.116. The number of hydrogen-bond donors (Lipinski definition) is 2. The van der Waals surface area contributed by atoms with Gasteiger partial charge in [-0.1, -0.05) is 72.9 Å². The van der Waals surface area contributed by atoms with Crippen molar-refractivity contribution in [2.45, 2.75) is 51.4 Å². The molecule has 0 aromatic carbocycles. The zero-order valence-corrected chi connectivity index (χ0v) is 15.5. The molecule has 0 aromatic heterocycles. The molecule has 0 aliphatic heterocycles. The van der Waals surface area contributed by atoms with Crippen molar-refractivity contribution in [1.82, 2.24) is 0 Å². The van der Waals surface area contributed by atoms with Crippen molar-refractivity contribution in [3.05, 3.63) is 72.9 Å². The van der Waals surface area contributed by atoms with E-state index in [1.807, 2.05) is 18.2 Å². The topological polar surface area (TPSA) is 66.8 Å². The van der Waals surface area contributed by atoms with Gasteiger partial charge in [0.25, 0.3) is 0 Å². The Balaban J connectivity index is 3.51. The molecule has 0 saturated heterocycles. The Kier molecular flexibility index (Phi) is 19.1. The summed E-state index contributed by atoms with van der Waals surface area (Å²) < 4.78 is 0. The molecule has 0 heterocycles. The maximum absolute atomic E-state index is 10.3. The van der Waals surface area contributed by atoms with Crippen LogP contribution in [-0.2, 0) is 9.68 Å². The van der Waals surface area contributed by atoms with E-state index in [-0.39, 0.29) is 6.42 Å². The van der Waals surface area contributed by atoms with Gasteiger partial charge in [-0.05, 0) is 44.9 Å². The van der Waals surface area contributed by atoms with E-state index in [1.54, 1.807) is 0 Å². The van der Waals surface area contributed by atoms with Gasteiger partial charge in [-0.2, -0.15) is 0 Å². The summed E-state index contributed by atoms with van der Waals surface area (Å²) >= 11 is 0. The summed E-state index contributed by atoms with van der Waals surface area (Å²) in [6, 6.07) is 0. The van der Waals surface area contributed by atoms with Crippen molar-refractivity contribution < 1.29 is 20.0 Å². The number of rotatable bonds is 16. The van der Waals surface area contributed by atoms with Crippen LogP contribution in [0.2, 0.25) is 0 Å². The average Bonchev–Trinajstić information content (AvgIpc) is 2.62. The number of allylic oxidation sites excluding steroid dienone is 11. The van der Waals surface area contributed by atoms with Gasteiger partial charge in [-0.3, -0.25) is 10.1 Å². The van der Waals surface area contributed by atoms with Gasteiger partial charge in [0.05, 0.1) is 6.61 Å². The zero-order chi connectivity index (χ0) is 19.1. The molecule has 0 spiro atoms. The molecule has 0 radical (unpaired) electrons. The Bertz CT molecular complexity index is 496. The summed E-state index contributed by atoms with van der Waals surface area (Å²) in [5.74, 6) is -0.752. The van der Waals surface area contributed by atoms with E-state index >= 15 is 0 Å². The normalized spacial score (nSPS) is 13.0. The highest BCUT2D eigenvalue weighted by Crippen LogP contribution is 1.98. The van der Waals surface area contributed by atoms with Gasteiger partial charge in [0.15, 0.2) is 0 Å². The molecule has 0 bridgehead atoms. The third kappa shape index (κ3) is 21.8. The standard InChI is InChI=1S/C22H32O4/c23-22(24)20-18-16-14-12-10-8-6-4-2-1-3-5-7-9-11-13-15-17-19-21-26-25/h1-4,8-11,14-17,25H,5-7,12-13,18-21H2,(H,23,24)/b3-1+,4-2-,10-8-,11-9-,16-14-,17-15-. The van der Waals surface area contributed by atoms with Crippen LogP contribution in [0.5, 0.6) is 0 Å². The van der Waals surface area contributed by atoms with Gasteiger partial charge in [0, 0.05) is 6.42 Å². The summed E-state index contributed by atoms with van der Waals surface area (Å²) in [5.41, 5.74) is 0. The van der Waals surface area contributed by atoms with E-state index in [1.165, 1.54) is 0 Å². The average molecular weight is 360 g/mol. The lowest BCUT2D eigenvalue weighted by molar-refractivity contribution is -0.240. The van der Waals surface area contributed by atoms with Crippen molar-refractivity contribution in [3.8, 4) is 0 Å². The summed E-state index contributed by atoms with van der Waals surface area (Å²) in [6.45, 7) is 0.347. The Morgan fingerprint density at radius 3 is 1.81 bits per heavy atom. The fraction of sp³-hybridized carbons (Fsp3) is 0.409. The minimum Gasteiger partial charge on any atom is -0.481 e. The van der Waals surface area contributed by atoms with Crippen LogP contribution in [0.25, 0.3) is 0 Å². The van der Waals surface area contributed by atoms with Gasteiger partial charge in [-0.15, -0.1) is 0 Å². The zero-order valence-electron chi connectivity index (χ0n) is 15.5. The van der Waals surface area contributed by atoms with Crippen molar-refractivity contribution in [3.63, 3.8) is 0 Å².